The molecule has 2 aromatic rings. The highest BCUT2D eigenvalue weighted by molar-refractivity contribution is 6.11. The standard InChI is InChI=1S/C19H20O5/c1-13(23-3)16-8-9-18(24-12-22-2)17(10-16)19(21)15-6-4-14(11-20)5-7-15/h4-11,13H,12H2,1-3H3. The zero-order valence-corrected chi connectivity index (χ0v) is 13.9. The molecule has 0 amide bonds. The van der Waals surface area contributed by atoms with E-state index in [1.165, 1.54) is 7.11 Å². The van der Waals surface area contributed by atoms with Crippen LogP contribution in [0, 0.1) is 0 Å². The molecule has 0 spiro atoms. The summed E-state index contributed by atoms with van der Waals surface area (Å²) in [4.78, 5) is 23.6. The number of rotatable bonds is 8. The number of carbonyl (C=O) groups excluding carboxylic acids is 2. The van der Waals surface area contributed by atoms with Crippen LogP contribution in [-0.4, -0.2) is 33.1 Å². The van der Waals surface area contributed by atoms with Gasteiger partial charge in [0, 0.05) is 25.3 Å². The van der Waals surface area contributed by atoms with Crippen LogP contribution in [0.25, 0.3) is 0 Å². The molecule has 0 saturated heterocycles. The van der Waals surface area contributed by atoms with E-state index in [0.717, 1.165) is 11.8 Å². The molecule has 0 fully saturated rings. The van der Waals surface area contributed by atoms with E-state index in [1.807, 2.05) is 13.0 Å². The van der Waals surface area contributed by atoms with E-state index in [-0.39, 0.29) is 18.7 Å². The van der Waals surface area contributed by atoms with Crippen LogP contribution in [0.5, 0.6) is 5.75 Å². The van der Waals surface area contributed by atoms with Crippen LogP contribution < -0.4 is 4.74 Å². The first-order valence-corrected chi connectivity index (χ1v) is 7.49. The third-order valence-corrected chi connectivity index (χ3v) is 3.71. The fourth-order valence-corrected chi connectivity index (χ4v) is 2.23. The van der Waals surface area contributed by atoms with Gasteiger partial charge in [-0.3, -0.25) is 9.59 Å². The lowest BCUT2D eigenvalue weighted by Gasteiger charge is -2.15. The van der Waals surface area contributed by atoms with Gasteiger partial charge in [0.25, 0.3) is 0 Å². The maximum Gasteiger partial charge on any atom is 0.196 e. The van der Waals surface area contributed by atoms with Gasteiger partial charge in [0.1, 0.15) is 12.0 Å². The van der Waals surface area contributed by atoms with E-state index < -0.39 is 0 Å². The summed E-state index contributed by atoms with van der Waals surface area (Å²) in [6.45, 7) is 1.95. The molecular weight excluding hydrogens is 308 g/mol. The van der Waals surface area contributed by atoms with Crippen molar-refractivity contribution in [1.29, 1.82) is 0 Å². The van der Waals surface area contributed by atoms with Crippen LogP contribution in [-0.2, 0) is 9.47 Å². The molecular formula is C19H20O5. The first-order chi connectivity index (χ1) is 11.6. The predicted molar refractivity (Wildman–Crippen MR) is 89.6 cm³/mol. The number of hydrogen-bond donors (Lipinski definition) is 0. The van der Waals surface area contributed by atoms with Crippen LogP contribution in [0.1, 0.15) is 44.9 Å². The second-order valence-corrected chi connectivity index (χ2v) is 5.25. The van der Waals surface area contributed by atoms with E-state index in [2.05, 4.69) is 0 Å². The summed E-state index contributed by atoms with van der Waals surface area (Å²) in [5.74, 6) is 0.247. The summed E-state index contributed by atoms with van der Waals surface area (Å²) in [6.07, 6.45) is 0.591. The minimum Gasteiger partial charge on any atom is -0.467 e. The van der Waals surface area contributed by atoms with Gasteiger partial charge in [-0.1, -0.05) is 30.3 Å². The lowest BCUT2D eigenvalue weighted by atomic mass is 9.98. The van der Waals surface area contributed by atoms with Gasteiger partial charge >= 0.3 is 0 Å². The Kier molecular flexibility index (Phi) is 6.23. The van der Waals surface area contributed by atoms with Gasteiger partial charge in [-0.25, -0.2) is 0 Å². The van der Waals surface area contributed by atoms with Crippen molar-refractivity contribution in [1.82, 2.24) is 0 Å². The monoisotopic (exact) mass is 328 g/mol. The second kappa shape index (κ2) is 8.38. The average Bonchev–Trinajstić information content (AvgIpc) is 2.65. The molecule has 0 aliphatic rings. The summed E-state index contributed by atoms with van der Waals surface area (Å²) < 4.78 is 15.7. The summed E-state index contributed by atoms with van der Waals surface area (Å²) >= 11 is 0. The fraction of sp³-hybridized carbons (Fsp3) is 0.263. The number of ether oxygens (including phenoxy) is 3. The lowest BCUT2D eigenvalue weighted by molar-refractivity contribution is 0.0502. The number of ketones is 1. The van der Waals surface area contributed by atoms with Gasteiger partial charge in [0.15, 0.2) is 12.6 Å². The Morgan fingerprint density at radius 2 is 1.83 bits per heavy atom. The highest BCUT2D eigenvalue weighted by Gasteiger charge is 2.17. The Labute approximate surface area is 141 Å². The highest BCUT2D eigenvalue weighted by atomic mass is 16.7. The number of benzene rings is 2. The van der Waals surface area contributed by atoms with E-state index in [0.29, 0.717) is 22.4 Å². The van der Waals surface area contributed by atoms with E-state index in [9.17, 15) is 9.59 Å². The van der Waals surface area contributed by atoms with Crippen molar-refractivity contribution in [3.63, 3.8) is 0 Å². The molecule has 24 heavy (non-hydrogen) atoms. The molecule has 0 N–H and O–H groups in total. The van der Waals surface area contributed by atoms with E-state index in [4.69, 9.17) is 14.2 Å². The van der Waals surface area contributed by atoms with Crippen molar-refractivity contribution in [2.24, 2.45) is 0 Å². The first kappa shape index (κ1) is 17.8. The Balaban J connectivity index is 2.42. The SMILES string of the molecule is COCOc1ccc(C(C)OC)cc1C(=O)c1ccc(C=O)cc1. The Bertz CT molecular complexity index is 706. The zero-order chi connectivity index (χ0) is 17.5. The molecule has 0 aromatic heterocycles. The Hall–Kier alpha value is -2.50. The maximum absolute atomic E-state index is 12.8. The molecule has 2 aromatic carbocycles. The molecule has 1 atom stereocenters. The summed E-state index contributed by atoms with van der Waals surface area (Å²) in [5.41, 5.74) is 2.29. The molecule has 0 saturated carbocycles. The van der Waals surface area contributed by atoms with Crippen molar-refractivity contribution in [3.05, 3.63) is 64.7 Å². The molecule has 0 aliphatic carbocycles. The average molecular weight is 328 g/mol. The molecule has 0 radical (unpaired) electrons. The van der Waals surface area contributed by atoms with Crippen LogP contribution in [0.4, 0.5) is 0 Å². The van der Waals surface area contributed by atoms with Crippen molar-refractivity contribution in [2.75, 3.05) is 21.0 Å². The molecule has 0 bridgehead atoms. The predicted octanol–water partition coefficient (Wildman–Crippen LogP) is 3.42. The van der Waals surface area contributed by atoms with Crippen LogP contribution >= 0.6 is 0 Å². The normalized spacial score (nSPS) is 11.8. The molecule has 2 rings (SSSR count). The van der Waals surface area contributed by atoms with E-state index >= 15 is 0 Å². The second-order valence-electron chi connectivity index (χ2n) is 5.25. The Morgan fingerprint density at radius 3 is 2.42 bits per heavy atom. The van der Waals surface area contributed by atoms with Gasteiger partial charge in [-0.2, -0.15) is 0 Å². The topological polar surface area (TPSA) is 61.8 Å². The van der Waals surface area contributed by atoms with Crippen molar-refractivity contribution >= 4 is 12.1 Å². The minimum atomic E-state index is -0.191. The van der Waals surface area contributed by atoms with Crippen LogP contribution in [0.3, 0.4) is 0 Å². The van der Waals surface area contributed by atoms with Crippen molar-refractivity contribution in [3.8, 4) is 5.75 Å². The van der Waals surface area contributed by atoms with E-state index in [1.54, 1.807) is 43.5 Å². The Morgan fingerprint density at radius 1 is 1.12 bits per heavy atom. The largest absolute Gasteiger partial charge is 0.467 e. The number of carbonyl (C=O) groups is 2. The maximum atomic E-state index is 12.8. The molecule has 0 aliphatic heterocycles. The first-order valence-electron chi connectivity index (χ1n) is 7.49. The summed E-state index contributed by atoms with van der Waals surface area (Å²) in [7, 11) is 3.13. The number of methoxy groups -OCH3 is 2. The molecule has 126 valence electrons. The molecule has 0 heterocycles. The molecule has 1 unspecified atom stereocenters. The quantitative estimate of drug-likeness (QED) is 0.422. The third-order valence-electron chi connectivity index (χ3n) is 3.71. The van der Waals surface area contributed by atoms with Gasteiger partial charge < -0.3 is 14.2 Å². The zero-order valence-electron chi connectivity index (χ0n) is 13.9. The lowest BCUT2D eigenvalue weighted by Crippen LogP contribution is -2.09. The highest BCUT2D eigenvalue weighted by Crippen LogP contribution is 2.27. The van der Waals surface area contributed by atoms with Gasteiger partial charge in [-0.15, -0.1) is 0 Å². The van der Waals surface area contributed by atoms with Crippen LogP contribution in [0.15, 0.2) is 42.5 Å². The fourth-order valence-electron chi connectivity index (χ4n) is 2.23. The minimum absolute atomic E-state index is 0.0452. The van der Waals surface area contributed by atoms with Crippen molar-refractivity contribution in [2.45, 2.75) is 13.0 Å². The van der Waals surface area contributed by atoms with Gasteiger partial charge in [0.2, 0.25) is 0 Å². The van der Waals surface area contributed by atoms with Crippen LogP contribution in [0.2, 0.25) is 0 Å². The number of aldehydes is 1. The smallest absolute Gasteiger partial charge is 0.196 e. The van der Waals surface area contributed by atoms with Gasteiger partial charge in [-0.05, 0) is 24.6 Å². The van der Waals surface area contributed by atoms with Gasteiger partial charge in [0.05, 0.1) is 11.7 Å². The third kappa shape index (κ3) is 4.07. The summed E-state index contributed by atoms with van der Waals surface area (Å²) in [5, 5.41) is 0. The molecule has 5 nitrogen and oxygen atoms in total. The summed E-state index contributed by atoms with van der Waals surface area (Å²) in [6, 6.07) is 11.8. The number of hydrogen-bond acceptors (Lipinski definition) is 5. The molecule has 5 heteroatoms. The van der Waals surface area contributed by atoms with Crippen molar-refractivity contribution < 1.29 is 23.8 Å².